The summed E-state index contributed by atoms with van der Waals surface area (Å²) in [7, 11) is 0. The first-order valence-corrected chi connectivity index (χ1v) is 6.44. The van der Waals surface area contributed by atoms with E-state index in [2.05, 4.69) is 18.7 Å². The quantitative estimate of drug-likeness (QED) is 0.710. The summed E-state index contributed by atoms with van der Waals surface area (Å²) in [6.45, 7) is 3.73. The van der Waals surface area contributed by atoms with Crippen molar-refractivity contribution >= 4 is 11.6 Å². The number of fused-ring (bicyclic) bond motifs is 9. The van der Waals surface area contributed by atoms with Crippen LogP contribution in [0.15, 0.2) is 36.9 Å². The SMILES string of the molecule is C=CC1Cc2ccc(cc2)CCC(=O)CCC1=O. The average molecular weight is 242 g/mol. The van der Waals surface area contributed by atoms with Gasteiger partial charge in [-0.15, -0.1) is 6.58 Å². The van der Waals surface area contributed by atoms with Crippen molar-refractivity contribution in [2.24, 2.45) is 5.92 Å². The van der Waals surface area contributed by atoms with Gasteiger partial charge in [0.2, 0.25) is 0 Å². The largest absolute Gasteiger partial charge is 0.300 e. The molecule has 0 N–H and O–H groups in total. The molecular weight excluding hydrogens is 224 g/mol. The van der Waals surface area contributed by atoms with Gasteiger partial charge in [0.15, 0.2) is 0 Å². The number of Topliss-reactive ketones (excluding diaryl/α,β-unsaturated/α-hetero) is 2. The Labute approximate surface area is 108 Å². The van der Waals surface area contributed by atoms with Gasteiger partial charge in [0.25, 0.3) is 0 Å². The number of hydrogen-bond acceptors (Lipinski definition) is 2. The van der Waals surface area contributed by atoms with Gasteiger partial charge in [-0.25, -0.2) is 0 Å². The second-order valence-electron chi connectivity index (χ2n) is 4.87. The molecule has 0 saturated carbocycles. The molecule has 0 amide bonds. The molecular formula is C16H18O2. The number of allylic oxidation sites excluding steroid dienone is 1. The van der Waals surface area contributed by atoms with E-state index in [0.717, 1.165) is 12.0 Å². The van der Waals surface area contributed by atoms with Gasteiger partial charge >= 0.3 is 0 Å². The molecule has 1 aromatic rings. The van der Waals surface area contributed by atoms with E-state index in [1.807, 2.05) is 12.1 Å². The Hall–Kier alpha value is -1.70. The zero-order chi connectivity index (χ0) is 13.0. The molecule has 0 heterocycles. The highest BCUT2D eigenvalue weighted by molar-refractivity contribution is 5.88. The van der Waals surface area contributed by atoms with Crippen LogP contribution in [0.1, 0.15) is 30.4 Å². The van der Waals surface area contributed by atoms with E-state index in [0.29, 0.717) is 25.7 Å². The normalized spacial score (nSPS) is 21.2. The number of rotatable bonds is 1. The van der Waals surface area contributed by atoms with E-state index in [-0.39, 0.29) is 17.5 Å². The lowest BCUT2D eigenvalue weighted by Crippen LogP contribution is -2.17. The number of ketones is 2. The maximum Gasteiger partial charge on any atom is 0.140 e. The summed E-state index contributed by atoms with van der Waals surface area (Å²) in [5.74, 6) is 0.141. The van der Waals surface area contributed by atoms with Gasteiger partial charge in [0.1, 0.15) is 11.6 Å². The number of aryl methyl sites for hydroxylation is 1. The van der Waals surface area contributed by atoms with E-state index in [4.69, 9.17) is 0 Å². The summed E-state index contributed by atoms with van der Waals surface area (Å²) >= 11 is 0. The lowest BCUT2D eigenvalue weighted by molar-refractivity contribution is -0.125. The van der Waals surface area contributed by atoms with E-state index >= 15 is 0 Å². The fraction of sp³-hybridized carbons (Fsp3) is 0.375. The molecule has 2 bridgehead atoms. The highest BCUT2D eigenvalue weighted by Crippen LogP contribution is 2.17. The summed E-state index contributed by atoms with van der Waals surface area (Å²) in [4.78, 5) is 23.7. The molecule has 0 aromatic heterocycles. The molecule has 0 aliphatic heterocycles. The number of carbonyl (C=O) groups excluding carboxylic acids is 2. The number of benzene rings is 1. The molecule has 94 valence electrons. The zero-order valence-corrected chi connectivity index (χ0v) is 10.5. The first-order chi connectivity index (χ1) is 8.69. The van der Waals surface area contributed by atoms with E-state index < -0.39 is 0 Å². The van der Waals surface area contributed by atoms with Crippen LogP contribution in [-0.4, -0.2) is 11.6 Å². The van der Waals surface area contributed by atoms with Crippen molar-refractivity contribution in [3.05, 3.63) is 48.0 Å². The Bertz CT molecular complexity index is 456. The van der Waals surface area contributed by atoms with E-state index in [9.17, 15) is 9.59 Å². The Kier molecular flexibility index (Phi) is 4.08. The van der Waals surface area contributed by atoms with Crippen LogP contribution in [0, 0.1) is 5.92 Å². The van der Waals surface area contributed by atoms with Crippen LogP contribution < -0.4 is 0 Å². The predicted molar refractivity (Wildman–Crippen MR) is 71.4 cm³/mol. The smallest absolute Gasteiger partial charge is 0.140 e. The number of carbonyl (C=O) groups is 2. The van der Waals surface area contributed by atoms with Crippen LogP contribution in [0.2, 0.25) is 0 Å². The molecule has 2 heteroatoms. The minimum Gasteiger partial charge on any atom is -0.300 e. The molecule has 3 rings (SSSR count). The van der Waals surface area contributed by atoms with Crippen molar-refractivity contribution in [1.29, 1.82) is 0 Å². The molecule has 0 spiro atoms. The van der Waals surface area contributed by atoms with Gasteiger partial charge in [-0.2, -0.15) is 0 Å². The zero-order valence-electron chi connectivity index (χ0n) is 10.5. The monoisotopic (exact) mass is 242 g/mol. The van der Waals surface area contributed by atoms with Crippen LogP contribution in [-0.2, 0) is 22.4 Å². The van der Waals surface area contributed by atoms with Crippen LogP contribution in [0.5, 0.6) is 0 Å². The molecule has 0 radical (unpaired) electrons. The molecule has 2 nitrogen and oxygen atoms in total. The molecule has 18 heavy (non-hydrogen) atoms. The summed E-state index contributed by atoms with van der Waals surface area (Å²) in [5.41, 5.74) is 2.35. The molecule has 0 fully saturated rings. The van der Waals surface area contributed by atoms with Crippen LogP contribution in [0.25, 0.3) is 0 Å². The Morgan fingerprint density at radius 1 is 0.944 bits per heavy atom. The summed E-state index contributed by atoms with van der Waals surface area (Å²) in [6.07, 6.45) is 4.43. The third-order valence-electron chi connectivity index (χ3n) is 3.52. The maximum absolute atomic E-state index is 12.0. The third kappa shape index (κ3) is 3.16. The first kappa shape index (κ1) is 12.7. The fourth-order valence-corrected chi connectivity index (χ4v) is 2.28. The van der Waals surface area contributed by atoms with Crippen molar-refractivity contribution in [2.45, 2.75) is 32.1 Å². The fourth-order valence-electron chi connectivity index (χ4n) is 2.28. The minimum absolute atomic E-state index is 0.128. The molecule has 1 atom stereocenters. The van der Waals surface area contributed by atoms with Crippen LogP contribution in [0.3, 0.4) is 0 Å². The minimum atomic E-state index is -0.164. The Morgan fingerprint density at radius 2 is 1.56 bits per heavy atom. The Morgan fingerprint density at radius 3 is 2.22 bits per heavy atom. The van der Waals surface area contributed by atoms with Gasteiger partial charge in [-0.3, -0.25) is 9.59 Å². The molecule has 1 unspecified atom stereocenters. The van der Waals surface area contributed by atoms with Crippen molar-refractivity contribution < 1.29 is 9.59 Å². The maximum atomic E-state index is 12.0. The summed E-state index contributed by atoms with van der Waals surface area (Å²) < 4.78 is 0. The molecule has 2 aliphatic carbocycles. The Balaban J connectivity index is 2.25. The molecule has 0 saturated heterocycles. The third-order valence-corrected chi connectivity index (χ3v) is 3.52. The van der Waals surface area contributed by atoms with Crippen molar-refractivity contribution in [2.75, 3.05) is 0 Å². The van der Waals surface area contributed by atoms with Gasteiger partial charge in [-0.05, 0) is 24.0 Å². The van der Waals surface area contributed by atoms with Gasteiger partial charge < -0.3 is 0 Å². The average Bonchev–Trinajstić information content (AvgIpc) is 2.39. The van der Waals surface area contributed by atoms with Crippen LogP contribution in [0.4, 0.5) is 0 Å². The summed E-state index contributed by atoms with van der Waals surface area (Å²) in [6, 6.07) is 8.19. The number of hydrogen-bond donors (Lipinski definition) is 0. The first-order valence-electron chi connectivity index (χ1n) is 6.44. The lowest BCUT2D eigenvalue weighted by Gasteiger charge is -2.13. The highest BCUT2D eigenvalue weighted by atomic mass is 16.1. The van der Waals surface area contributed by atoms with Gasteiger partial charge in [-0.1, -0.05) is 30.3 Å². The second kappa shape index (κ2) is 5.76. The van der Waals surface area contributed by atoms with Crippen LogP contribution >= 0.6 is 0 Å². The molecule has 2 aliphatic rings. The predicted octanol–water partition coefficient (Wildman–Crippen LogP) is 2.90. The van der Waals surface area contributed by atoms with E-state index in [1.165, 1.54) is 5.56 Å². The second-order valence-corrected chi connectivity index (χ2v) is 4.87. The van der Waals surface area contributed by atoms with Gasteiger partial charge in [0, 0.05) is 25.2 Å². The summed E-state index contributed by atoms with van der Waals surface area (Å²) in [5, 5.41) is 0. The van der Waals surface area contributed by atoms with Gasteiger partial charge in [0.05, 0.1) is 0 Å². The topological polar surface area (TPSA) is 34.1 Å². The highest BCUT2D eigenvalue weighted by Gasteiger charge is 2.17. The standard InChI is InChI=1S/C16H18O2/c1-2-14-11-13-5-3-12(4-6-13)7-8-15(17)9-10-16(14)18/h2-6,14H,1,7-11H2. The van der Waals surface area contributed by atoms with Crippen molar-refractivity contribution in [1.82, 2.24) is 0 Å². The lowest BCUT2D eigenvalue weighted by atomic mass is 9.90. The van der Waals surface area contributed by atoms with Crippen molar-refractivity contribution in [3.63, 3.8) is 0 Å². The van der Waals surface area contributed by atoms with E-state index in [1.54, 1.807) is 6.08 Å². The van der Waals surface area contributed by atoms with Crippen molar-refractivity contribution in [3.8, 4) is 0 Å². The molecule has 1 aromatic carbocycles.